The third kappa shape index (κ3) is 4.22. The molecule has 3 aromatic rings. The fourth-order valence-electron chi connectivity index (χ4n) is 3.80. The number of aryl methyl sites for hydroxylation is 1. The van der Waals surface area contributed by atoms with Crippen LogP contribution < -0.4 is 10.2 Å². The molecule has 6 heteroatoms. The molecular weight excluding hydrogens is 369 g/mol. The minimum Gasteiger partial charge on any atom is -0.377 e. The monoisotopic (exact) mass is 393 g/mol. The summed E-state index contributed by atoms with van der Waals surface area (Å²) in [6, 6.07) is 13.3. The summed E-state index contributed by atoms with van der Waals surface area (Å²) in [6.45, 7) is 6.55. The van der Waals surface area contributed by atoms with Crippen LogP contribution in [0.1, 0.15) is 29.4 Å². The molecule has 2 heterocycles. The Labute approximate surface area is 169 Å². The van der Waals surface area contributed by atoms with Gasteiger partial charge < -0.3 is 15.0 Å². The average molecular weight is 393 g/mol. The number of fused-ring (bicyclic) bond motifs is 1. The van der Waals surface area contributed by atoms with Crippen molar-refractivity contribution < 1.29 is 13.9 Å². The van der Waals surface area contributed by atoms with Gasteiger partial charge in [-0.1, -0.05) is 0 Å². The lowest BCUT2D eigenvalue weighted by molar-refractivity contribution is 0.0788. The highest BCUT2D eigenvalue weighted by Gasteiger charge is 2.24. The lowest BCUT2D eigenvalue weighted by Gasteiger charge is -2.21. The lowest BCUT2D eigenvalue weighted by atomic mass is 10.1. The predicted molar refractivity (Wildman–Crippen MR) is 113 cm³/mol. The number of nitrogens with zero attached hydrogens (tertiary/aromatic N) is 2. The normalized spacial score (nSPS) is 16.4. The van der Waals surface area contributed by atoms with Crippen molar-refractivity contribution in [1.82, 2.24) is 4.98 Å². The molecule has 0 bridgehead atoms. The van der Waals surface area contributed by atoms with Crippen molar-refractivity contribution in [2.75, 3.05) is 29.9 Å². The number of hydrogen-bond donors (Lipinski definition) is 1. The van der Waals surface area contributed by atoms with Gasteiger partial charge in [-0.2, -0.15) is 0 Å². The molecule has 5 nitrogen and oxygen atoms in total. The largest absolute Gasteiger partial charge is 0.377 e. The summed E-state index contributed by atoms with van der Waals surface area (Å²) in [5.74, 6) is -0.649. The van der Waals surface area contributed by atoms with Gasteiger partial charge in [0.2, 0.25) is 0 Å². The van der Waals surface area contributed by atoms with E-state index in [1.54, 1.807) is 0 Å². The maximum absolute atomic E-state index is 13.1. The van der Waals surface area contributed by atoms with Crippen molar-refractivity contribution >= 4 is 28.2 Å². The summed E-state index contributed by atoms with van der Waals surface area (Å²) < 4.78 is 18.9. The standard InChI is InChI=1S/C23H24FN3O2/c1-3-29-19-10-11-27(14-19)22-12-15(2)25-21-13-18(8-9-20(21)22)26-23(28)16-4-6-17(24)7-5-16/h4-9,12-13,19H,3,10-11,14H2,1-2H3,(H,26,28)/t19-/m0/s1. The van der Waals surface area contributed by atoms with Crippen molar-refractivity contribution in [3.05, 3.63) is 65.6 Å². The van der Waals surface area contributed by atoms with E-state index >= 15 is 0 Å². The second kappa shape index (κ2) is 8.17. The van der Waals surface area contributed by atoms with Gasteiger partial charge in [0.1, 0.15) is 5.82 Å². The molecule has 1 aliphatic heterocycles. The molecule has 1 atom stereocenters. The van der Waals surface area contributed by atoms with E-state index in [2.05, 4.69) is 21.3 Å². The summed E-state index contributed by atoms with van der Waals surface area (Å²) >= 11 is 0. The zero-order valence-corrected chi connectivity index (χ0v) is 16.6. The molecule has 29 heavy (non-hydrogen) atoms. The molecule has 1 aromatic heterocycles. The van der Waals surface area contributed by atoms with Crippen LogP contribution in [0.4, 0.5) is 15.8 Å². The van der Waals surface area contributed by atoms with E-state index in [9.17, 15) is 9.18 Å². The number of carbonyl (C=O) groups excluding carboxylic acids is 1. The number of hydrogen-bond acceptors (Lipinski definition) is 4. The number of carbonyl (C=O) groups is 1. The topological polar surface area (TPSA) is 54.5 Å². The Kier molecular flexibility index (Phi) is 5.45. The van der Waals surface area contributed by atoms with Crippen molar-refractivity contribution in [2.45, 2.75) is 26.4 Å². The number of nitrogens with one attached hydrogen (secondary N) is 1. The molecule has 1 saturated heterocycles. The van der Waals surface area contributed by atoms with Crippen LogP contribution in [0.25, 0.3) is 10.9 Å². The van der Waals surface area contributed by atoms with Gasteiger partial charge in [-0.05, 0) is 68.8 Å². The first kappa shape index (κ1) is 19.3. The van der Waals surface area contributed by atoms with E-state index in [-0.39, 0.29) is 17.8 Å². The third-order valence-corrected chi connectivity index (χ3v) is 5.17. The second-order valence-electron chi connectivity index (χ2n) is 7.29. The quantitative estimate of drug-likeness (QED) is 0.691. The maximum Gasteiger partial charge on any atom is 0.255 e. The minimum atomic E-state index is -0.368. The molecule has 1 fully saturated rings. The number of amides is 1. The number of aromatic nitrogens is 1. The molecular formula is C23H24FN3O2. The van der Waals surface area contributed by atoms with E-state index in [1.807, 2.05) is 32.0 Å². The molecule has 0 unspecified atom stereocenters. The second-order valence-corrected chi connectivity index (χ2v) is 7.29. The number of halogens is 1. The average Bonchev–Trinajstić information content (AvgIpc) is 3.16. The minimum absolute atomic E-state index is 0.262. The molecule has 1 N–H and O–H groups in total. The molecule has 4 rings (SSSR count). The Morgan fingerprint density at radius 3 is 2.79 bits per heavy atom. The zero-order chi connectivity index (χ0) is 20.4. The number of anilines is 2. The first-order valence-corrected chi connectivity index (χ1v) is 9.88. The van der Waals surface area contributed by atoms with Gasteiger partial charge in [0.05, 0.1) is 11.6 Å². The smallest absolute Gasteiger partial charge is 0.255 e. The lowest BCUT2D eigenvalue weighted by Crippen LogP contribution is -2.23. The van der Waals surface area contributed by atoms with E-state index in [0.29, 0.717) is 11.3 Å². The fraction of sp³-hybridized carbons (Fsp3) is 0.304. The van der Waals surface area contributed by atoms with Crippen LogP contribution in [0.5, 0.6) is 0 Å². The molecule has 0 radical (unpaired) electrons. The summed E-state index contributed by atoms with van der Waals surface area (Å²) in [6.07, 6.45) is 1.28. The summed E-state index contributed by atoms with van der Waals surface area (Å²) in [5.41, 5.74) is 3.96. The first-order chi connectivity index (χ1) is 14.0. The summed E-state index contributed by atoms with van der Waals surface area (Å²) in [7, 11) is 0. The number of pyridine rings is 1. The molecule has 1 aliphatic rings. The van der Waals surface area contributed by atoms with Gasteiger partial charge in [-0.15, -0.1) is 0 Å². The van der Waals surface area contributed by atoms with Crippen LogP contribution in [-0.4, -0.2) is 36.7 Å². The number of rotatable bonds is 5. The highest BCUT2D eigenvalue weighted by molar-refractivity contribution is 6.05. The first-order valence-electron chi connectivity index (χ1n) is 9.88. The predicted octanol–water partition coefficient (Wildman–Crippen LogP) is 4.55. The third-order valence-electron chi connectivity index (χ3n) is 5.17. The van der Waals surface area contributed by atoms with E-state index in [0.717, 1.165) is 48.4 Å². The van der Waals surface area contributed by atoms with Crippen LogP contribution >= 0.6 is 0 Å². The molecule has 2 aromatic carbocycles. The van der Waals surface area contributed by atoms with Crippen LogP contribution in [0, 0.1) is 12.7 Å². The zero-order valence-electron chi connectivity index (χ0n) is 16.6. The van der Waals surface area contributed by atoms with E-state index < -0.39 is 0 Å². The molecule has 0 spiro atoms. The van der Waals surface area contributed by atoms with Crippen LogP contribution in [0.2, 0.25) is 0 Å². The van der Waals surface area contributed by atoms with Gasteiger partial charge in [0.25, 0.3) is 5.91 Å². The Balaban J connectivity index is 1.59. The van der Waals surface area contributed by atoms with Crippen LogP contribution in [0.15, 0.2) is 48.5 Å². The maximum atomic E-state index is 13.1. The molecule has 0 aliphatic carbocycles. The highest BCUT2D eigenvalue weighted by atomic mass is 19.1. The SMILES string of the molecule is CCO[C@H]1CCN(c2cc(C)nc3cc(NC(=O)c4ccc(F)cc4)ccc23)C1. The van der Waals surface area contributed by atoms with Crippen molar-refractivity contribution in [3.63, 3.8) is 0 Å². The van der Waals surface area contributed by atoms with E-state index in [1.165, 1.54) is 24.3 Å². The van der Waals surface area contributed by atoms with Crippen LogP contribution in [-0.2, 0) is 4.74 Å². The Bertz CT molecular complexity index is 1040. The Morgan fingerprint density at radius 1 is 1.24 bits per heavy atom. The molecule has 150 valence electrons. The van der Waals surface area contributed by atoms with Gasteiger partial charge in [0, 0.05) is 47.7 Å². The van der Waals surface area contributed by atoms with Gasteiger partial charge in [-0.3, -0.25) is 9.78 Å². The fourth-order valence-corrected chi connectivity index (χ4v) is 3.80. The Hall–Kier alpha value is -2.99. The van der Waals surface area contributed by atoms with Crippen molar-refractivity contribution in [1.29, 1.82) is 0 Å². The van der Waals surface area contributed by atoms with E-state index in [4.69, 9.17) is 4.74 Å². The number of benzene rings is 2. The van der Waals surface area contributed by atoms with Crippen molar-refractivity contribution in [3.8, 4) is 0 Å². The molecule has 0 saturated carbocycles. The van der Waals surface area contributed by atoms with Gasteiger partial charge in [0.15, 0.2) is 0 Å². The highest BCUT2D eigenvalue weighted by Crippen LogP contribution is 2.31. The van der Waals surface area contributed by atoms with Gasteiger partial charge >= 0.3 is 0 Å². The van der Waals surface area contributed by atoms with Crippen LogP contribution in [0.3, 0.4) is 0 Å². The summed E-state index contributed by atoms with van der Waals surface area (Å²) in [4.78, 5) is 19.4. The summed E-state index contributed by atoms with van der Waals surface area (Å²) in [5, 5.41) is 3.92. The van der Waals surface area contributed by atoms with Gasteiger partial charge in [-0.25, -0.2) is 4.39 Å². The molecule has 1 amide bonds. The van der Waals surface area contributed by atoms with Crippen molar-refractivity contribution in [2.24, 2.45) is 0 Å². The Morgan fingerprint density at radius 2 is 2.03 bits per heavy atom. The number of ether oxygens (including phenoxy) is 1.